The third-order valence-corrected chi connectivity index (χ3v) is 4.82. The Balaban J connectivity index is 3.11. The monoisotopic (exact) mass is 340 g/mol. The molecule has 0 aliphatic heterocycles. The Morgan fingerprint density at radius 1 is 1.47 bits per heavy atom. The minimum absolute atomic E-state index is 0.173. The van der Waals surface area contributed by atoms with Crippen molar-refractivity contribution in [1.82, 2.24) is 5.32 Å². The van der Waals surface area contributed by atoms with Gasteiger partial charge >= 0.3 is 0 Å². The van der Waals surface area contributed by atoms with Crippen molar-refractivity contribution in [3.8, 4) is 0 Å². The lowest BCUT2D eigenvalue weighted by Gasteiger charge is -2.09. The fourth-order valence-electron chi connectivity index (χ4n) is 1.08. The first-order chi connectivity index (χ1) is 7.89. The Morgan fingerprint density at radius 2 is 2.12 bits per heavy atom. The molecule has 0 unspecified atom stereocenters. The number of amides is 1. The van der Waals surface area contributed by atoms with Crippen molar-refractivity contribution in [3.05, 3.63) is 28.8 Å². The second-order valence-corrected chi connectivity index (χ2v) is 6.53. The van der Waals surface area contributed by atoms with Crippen LogP contribution in [0, 0.1) is 0 Å². The lowest BCUT2D eigenvalue weighted by Crippen LogP contribution is -2.19. The molecule has 0 fully saturated rings. The normalized spacial score (nSPS) is 11.0. The predicted molar refractivity (Wildman–Crippen MR) is 71.2 cm³/mol. The highest BCUT2D eigenvalue weighted by atomic mass is 79.9. The molecule has 0 bridgehead atoms. The average molecular weight is 342 g/mol. The van der Waals surface area contributed by atoms with Gasteiger partial charge in [0.1, 0.15) is 4.66 Å². The van der Waals surface area contributed by atoms with Gasteiger partial charge in [-0.1, -0.05) is 27.5 Å². The summed E-state index contributed by atoms with van der Waals surface area (Å²) in [7, 11) is -2.01. The van der Waals surface area contributed by atoms with Gasteiger partial charge in [-0.3, -0.25) is 9.52 Å². The Morgan fingerprint density at radius 3 is 2.65 bits per heavy atom. The van der Waals surface area contributed by atoms with Crippen LogP contribution in [0.15, 0.2) is 18.2 Å². The summed E-state index contributed by atoms with van der Waals surface area (Å²) in [5.74, 6) is -0.319. The molecule has 0 radical (unpaired) electrons. The molecule has 1 amide bonds. The quantitative estimate of drug-likeness (QED) is 0.820. The van der Waals surface area contributed by atoms with E-state index in [2.05, 4.69) is 26.0 Å². The van der Waals surface area contributed by atoms with Crippen molar-refractivity contribution in [1.29, 1.82) is 0 Å². The minimum Gasteiger partial charge on any atom is -0.355 e. The third-order valence-electron chi connectivity index (χ3n) is 1.86. The molecule has 0 heterocycles. The van der Waals surface area contributed by atoms with Crippen LogP contribution in [-0.2, 0) is 10.0 Å². The highest BCUT2D eigenvalue weighted by Crippen LogP contribution is 2.24. The molecule has 0 spiro atoms. The Bertz CT molecular complexity index is 533. The van der Waals surface area contributed by atoms with Gasteiger partial charge in [0.15, 0.2) is 0 Å². The largest absolute Gasteiger partial charge is 0.355 e. The number of carbonyl (C=O) groups is 1. The van der Waals surface area contributed by atoms with Gasteiger partial charge in [-0.25, -0.2) is 8.42 Å². The number of anilines is 1. The number of halogens is 2. The highest BCUT2D eigenvalue weighted by molar-refractivity contribution is 9.10. The minimum atomic E-state index is -3.49. The standard InChI is InChI=1S/C9H10BrClN2O3S/c1-12-9(14)6-2-3-7(11)8(4-6)13-17(15,16)5-10/h2-4,13H,5H2,1H3,(H,12,14). The van der Waals surface area contributed by atoms with Crippen molar-refractivity contribution in [2.75, 3.05) is 16.4 Å². The molecule has 2 N–H and O–H groups in total. The summed E-state index contributed by atoms with van der Waals surface area (Å²) >= 11 is 8.67. The Labute approximate surface area is 113 Å². The van der Waals surface area contributed by atoms with E-state index in [0.29, 0.717) is 5.56 Å². The van der Waals surface area contributed by atoms with E-state index in [1.54, 1.807) is 0 Å². The van der Waals surface area contributed by atoms with Gasteiger partial charge in [0.2, 0.25) is 10.0 Å². The number of hydrogen-bond acceptors (Lipinski definition) is 3. The van der Waals surface area contributed by atoms with E-state index in [1.165, 1.54) is 25.2 Å². The van der Waals surface area contributed by atoms with E-state index in [-0.39, 0.29) is 21.3 Å². The molecule has 0 aliphatic carbocycles. The van der Waals surface area contributed by atoms with Gasteiger partial charge in [-0.2, -0.15) is 0 Å². The van der Waals surface area contributed by atoms with E-state index < -0.39 is 10.0 Å². The molecule has 1 aromatic rings. The summed E-state index contributed by atoms with van der Waals surface area (Å²) in [5, 5.41) is 2.66. The van der Waals surface area contributed by atoms with Crippen LogP contribution in [0.5, 0.6) is 0 Å². The number of rotatable bonds is 4. The molecule has 17 heavy (non-hydrogen) atoms. The first-order valence-electron chi connectivity index (χ1n) is 4.47. The fraction of sp³-hybridized carbons (Fsp3) is 0.222. The maximum atomic E-state index is 11.4. The highest BCUT2D eigenvalue weighted by Gasteiger charge is 2.13. The van der Waals surface area contributed by atoms with Crippen LogP contribution in [0.1, 0.15) is 10.4 Å². The van der Waals surface area contributed by atoms with Crippen LogP contribution in [0.4, 0.5) is 5.69 Å². The van der Waals surface area contributed by atoms with Gasteiger partial charge in [-0.05, 0) is 18.2 Å². The molecule has 0 aromatic heterocycles. The van der Waals surface area contributed by atoms with E-state index in [4.69, 9.17) is 11.6 Å². The van der Waals surface area contributed by atoms with Crippen LogP contribution in [0.3, 0.4) is 0 Å². The first kappa shape index (κ1) is 14.3. The van der Waals surface area contributed by atoms with Gasteiger partial charge in [0.05, 0.1) is 10.7 Å². The summed E-state index contributed by atoms with van der Waals surface area (Å²) in [5.41, 5.74) is 0.497. The average Bonchev–Trinajstić information content (AvgIpc) is 2.30. The molecule has 94 valence electrons. The van der Waals surface area contributed by atoms with E-state index >= 15 is 0 Å². The van der Waals surface area contributed by atoms with Gasteiger partial charge in [-0.15, -0.1) is 0 Å². The molecule has 1 aromatic carbocycles. The molecule has 1 rings (SSSR count). The van der Waals surface area contributed by atoms with Gasteiger partial charge in [0, 0.05) is 12.6 Å². The SMILES string of the molecule is CNC(=O)c1ccc(Cl)c(NS(=O)(=O)CBr)c1. The third kappa shape index (κ3) is 3.86. The molecule has 0 saturated heterocycles. The zero-order valence-corrected chi connectivity index (χ0v) is 12.0. The zero-order valence-electron chi connectivity index (χ0n) is 8.83. The second-order valence-electron chi connectivity index (χ2n) is 3.10. The van der Waals surface area contributed by atoms with Crippen molar-refractivity contribution >= 4 is 49.1 Å². The Kier molecular flexibility index (Phi) is 4.79. The van der Waals surface area contributed by atoms with Crippen molar-refractivity contribution in [2.45, 2.75) is 0 Å². The summed E-state index contributed by atoms with van der Waals surface area (Å²) in [6, 6.07) is 4.34. The first-order valence-corrected chi connectivity index (χ1v) is 7.63. The van der Waals surface area contributed by atoms with Crippen molar-refractivity contribution < 1.29 is 13.2 Å². The molecule has 0 saturated carbocycles. The van der Waals surface area contributed by atoms with Crippen molar-refractivity contribution in [3.63, 3.8) is 0 Å². The Hall–Kier alpha value is -0.790. The smallest absolute Gasteiger partial charge is 0.251 e. The van der Waals surface area contributed by atoms with Crippen LogP contribution in [0.2, 0.25) is 5.02 Å². The molecular weight excluding hydrogens is 332 g/mol. The predicted octanol–water partition coefficient (Wildman–Crippen LogP) is 1.79. The summed E-state index contributed by atoms with van der Waals surface area (Å²) in [4.78, 5) is 11.4. The second kappa shape index (κ2) is 5.70. The topological polar surface area (TPSA) is 75.3 Å². The van der Waals surface area contributed by atoms with E-state index in [9.17, 15) is 13.2 Å². The van der Waals surface area contributed by atoms with Crippen LogP contribution in [0.25, 0.3) is 0 Å². The molecule has 8 heteroatoms. The van der Waals surface area contributed by atoms with Crippen molar-refractivity contribution in [2.24, 2.45) is 0 Å². The number of alkyl halides is 1. The van der Waals surface area contributed by atoms with Crippen LogP contribution < -0.4 is 10.0 Å². The number of benzene rings is 1. The van der Waals surface area contributed by atoms with Gasteiger partial charge in [0.25, 0.3) is 5.91 Å². The maximum absolute atomic E-state index is 11.4. The lowest BCUT2D eigenvalue weighted by molar-refractivity contribution is 0.0963. The molecule has 5 nitrogen and oxygen atoms in total. The van der Waals surface area contributed by atoms with E-state index in [1.807, 2.05) is 0 Å². The molecule has 0 atom stereocenters. The number of hydrogen-bond donors (Lipinski definition) is 2. The summed E-state index contributed by atoms with van der Waals surface area (Å²) < 4.78 is 24.7. The van der Waals surface area contributed by atoms with Crippen LogP contribution in [-0.4, -0.2) is 26.0 Å². The number of nitrogens with one attached hydrogen (secondary N) is 2. The van der Waals surface area contributed by atoms with Gasteiger partial charge < -0.3 is 5.32 Å². The maximum Gasteiger partial charge on any atom is 0.251 e. The lowest BCUT2D eigenvalue weighted by atomic mass is 10.2. The summed E-state index contributed by atoms with van der Waals surface area (Å²) in [6.07, 6.45) is 0. The number of sulfonamides is 1. The summed E-state index contributed by atoms with van der Waals surface area (Å²) in [6.45, 7) is 0. The number of carbonyl (C=O) groups excluding carboxylic acids is 1. The zero-order chi connectivity index (χ0) is 13.1. The molecular formula is C9H10BrClN2O3S. The van der Waals surface area contributed by atoms with E-state index in [0.717, 1.165) is 0 Å². The van der Waals surface area contributed by atoms with Crippen LogP contribution >= 0.6 is 27.5 Å². The molecule has 0 aliphatic rings. The fourth-order valence-corrected chi connectivity index (χ4v) is 2.21.